The van der Waals surface area contributed by atoms with Gasteiger partial charge in [-0.1, -0.05) is 24.3 Å². The Morgan fingerprint density at radius 1 is 1.09 bits per heavy atom. The number of aromatic nitrogens is 2. The van der Waals surface area contributed by atoms with Crippen LogP contribution in [0.15, 0.2) is 63.5 Å². The topological polar surface area (TPSA) is 73.1 Å². The molecule has 2 aromatic carbocycles. The first-order valence-corrected chi connectivity index (χ1v) is 10.9. The number of benzene rings is 2. The van der Waals surface area contributed by atoms with Crippen LogP contribution in [0, 0.1) is 11.6 Å². The van der Waals surface area contributed by atoms with Gasteiger partial charge in [-0.25, -0.2) is 18.1 Å². The average molecular weight is 453 g/mol. The Kier molecular flexibility index (Phi) is 4.97. The molecule has 0 saturated heterocycles. The molecule has 0 saturated carbocycles. The molecule has 0 spiro atoms. The number of fused-ring (bicyclic) bond motifs is 2. The minimum Gasteiger partial charge on any atom is -0.348 e. The summed E-state index contributed by atoms with van der Waals surface area (Å²) >= 11 is 1.09. The number of hydrogen-bond acceptors (Lipinski definition) is 4. The number of amides is 1. The molecule has 6 nitrogen and oxygen atoms in total. The fraction of sp³-hybridized carbons (Fsp3) is 0.174. The standard InChI is InChI=1S/C23H17F2N3O3S/c24-14-9-15(25)11-16(10-14)28-22(30)21-19(7-8-32-21)27(23(28)31)12-20(29)26-18-6-5-13-3-1-2-4-17(13)18/h1-4,7-11,18H,5-6,12H2,(H,26,29). The highest BCUT2D eigenvalue weighted by Gasteiger charge is 2.24. The van der Waals surface area contributed by atoms with Crippen LogP contribution in [0.5, 0.6) is 0 Å². The van der Waals surface area contributed by atoms with Crippen LogP contribution in [0.3, 0.4) is 0 Å². The van der Waals surface area contributed by atoms with Gasteiger partial charge in [0.1, 0.15) is 22.9 Å². The number of carbonyl (C=O) groups excluding carboxylic acids is 1. The largest absolute Gasteiger partial charge is 0.348 e. The summed E-state index contributed by atoms with van der Waals surface area (Å²) in [6, 6.07) is 11.8. The molecule has 0 fully saturated rings. The summed E-state index contributed by atoms with van der Waals surface area (Å²) in [6.45, 7) is -0.331. The Morgan fingerprint density at radius 3 is 2.62 bits per heavy atom. The van der Waals surface area contributed by atoms with Gasteiger partial charge in [0.2, 0.25) is 5.91 Å². The average Bonchev–Trinajstić information content (AvgIpc) is 3.39. The van der Waals surface area contributed by atoms with Gasteiger partial charge >= 0.3 is 5.69 Å². The van der Waals surface area contributed by atoms with E-state index < -0.39 is 28.8 Å². The van der Waals surface area contributed by atoms with Gasteiger partial charge in [0.05, 0.1) is 17.2 Å². The van der Waals surface area contributed by atoms with Crippen molar-refractivity contribution >= 4 is 27.5 Å². The van der Waals surface area contributed by atoms with E-state index in [4.69, 9.17) is 0 Å². The highest BCUT2D eigenvalue weighted by Crippen LogP contribution is 2.30. The second-order valence-corrected chi connectivity index (χ2v) is 8.55. The number of aryl methyl sites for hydroxylation is 1. The molecule has 0 bridgehead atoms. The summed E-state index contributed by atoms with van der Waals surface area (Å²) in [4.78, 5) is 39.0. The third kappa shape index (κ3) is 3.44. The van der Waals surface area contributed by atoms with E-state index in [1.165, 1.54) is 5.56 Å². The van der Waals surface area contributed by atoms with E-state index in [1.807, 2.05) is 24.3 Å². The second-order valence-electron chi connectivity index (χ2n) is 7.63. The fourth-order valence-corrected chi connectivity index (χ4v) is 5.05. The number of rotatable bonds is 4. The van der Waals surface area contributed by atoms with Gasteiger partial charge < -0.3 is 5.32 Å². The van der Waals surface area contributed by atoms with E-state index in [0.717, 1.165) is 46.4 Å². The fourth-order valence-electron chi connectivity index (χ4n) is 4.23. The van der Waals surface area contributed by atoms with Crippen molar-refractivity contribution in [3.05, 3.63) is 97.5 Å². The lowest BCUT2D eigenvalue weighted by molar-refractivity contribution is -0.122. The molecule has 1 aliphatic carbocycles. The zero-order valence-corrected chi connectivity index (χ0v) is 17.5. The van der Waals surface area contributed by atoms with Gasteiger partial charge in [-0.3, -0.25) is 14.2 Å². The van der Waals surface area contributed by atoms with Crippen LogP contribution in [0.1, 0.15) is 23.6 Å². The van der Waals surface area contributed by atoms with Gasteiger partial charge in [-0.05, 0) is 47.5 Å². The van der Waals surface area contributed by atoms with E-state index in [1.54, 1.807) is 11.4 Å². The molecule has 1 aliphatic rings. The molecule has 2 heterocycles. The Balaban J connectivity index is 1.54. The van der Waals surface area contributed by atoms with Crippen LogP contribution in [0.25, 0.3) is 15.9 Å². The highest BCUT2D eigenvalue weighted by atomic mass is 32.1. The third-order valence-corrected chi connectivity index (χ3v) is 6.52. The van der Waals surface area contributed by atoms with Crippen LogP contribution >= 0.6 is 11.3 Å². The molecule has 1 unspecified atom stereocenters. The molecule has 1 N–H and O–H groups in total. The molecule has 5 rings (SSSR count). The minimum atomic E-state index is -0.915. The lowest BCUT2D eigenvalue weighted by atomic mass is 10.1. The molecule has 0 aliphatic heterocycles. The Morgan fingerprint density at radius 2 is 1.84 bits per heavy atom. The van der Waals surface area contributed by atoms with Gasteiger partial charge in [-0.15, -0.1) is 11.3 Å². The second kappa shape index (κ2) is 7.83. The van der Waals surface area contributed by atoms with Gasteiger partial charge in [0, 0.05) is 6.07 Å². The van der Waals surface area contributed by atoms with E-state index in [9.17, 15) is 23.2 Å². The quantitative estimate of drug-likeness (QED) is 0.515. The summed E-state index contributed by atoms with van der Waals surface area (Å²) in [5, 5.41) is 4.59. The van der Waals surface area contributed by atoms with Gasteiger partial charge in [0.25, 0.3) is 5.56 Å². The molecule has 162 valence electrons. The number of carbonyl (C=O) groups is 1. The lowest BCUT2D eigenvalue weighted by Gasteiger charge is -2.16. The summed E-state index contributed by atoms with van der Waals surface area (Å²) in [5.41, 5.74) is 0.775. The summed E-state index contributed by atoms with van der Waals surface area (Å²) in [7, 11) is 0. The normalized spacial score (nSPS) is 15.1. The summed E-state index contributed by atoms with van der Waals surface area (Å²) in [5.74, 6) is -2.22. The van der Waals surface area contributed by atoms with Crippen LogP contribution in [0.2, 0.25) is 0 Å². The predicted octanol–water partition coefficient (Wildman–Crippen LogP) is 3.30. The summed E-state index contributed by atoms with van der Waals surface area (Å²) in [6.07, 6.45) is 1.61. The van der Waals surface area contributed by atoms with E-state index in [2.05, 4.69) is 5.32 Å². The maximum atomic E-state index is 13.8. The van der Waals surface area contributed by atoms with Crippen molar-refractivity contribution in [2.24, 2.45) is 0 Å². The maximum Gasteiger partial charge on any atom is 0.336 e. The molecule has 9 heteroatoms. The van der Waals surface area contributed by atoms with Crippen molar-refractivity contribution in [1.29, 1.82) is 0 Å². The lowest BCUT2D eigenvalue weighted by Crippen LogP contribution is -2.41. The molecule has 2 aromatic heterocycles. The van der Waals surface area contributed by atoms with Crippen molar-refractivity contribution in [1.82, 2.24) is 14.5 Å². The predicted molar refractivity (Wildman–Crippen MR) is 117 cm³/mol. The molecule has 1 amide bonds. The molecule has 0 radical (unpaired) electrons. The number of nitrogens with zero attached hydrogens (tertiary/aromatic N) is 2. The first kappa shape index (κ1) is 20.3. The molecule has 32 heavy (non-hydrogen) atoms. The smallest absolute Gasteiger partial charge is 0.336 e. The van der Waals surface area contributed by atoms with Crippen molar-refractivity contribution < 1.29 is 13.6 Å². The summed E-state index contributed by atoms with van der Waals surface area (Å²) < 4.78 is 29.6. The van der Waals surface area contributed by atoms with Crippen molar-refractivity contribution in [2.75, 3.05) is 0 Å². The van der Waals surface area contributed by atoms with E-state index in [0.29, 0.717) is 16.2 Å². The van der Waals surface area contributed by atoms with Gasteiger partial charge in [-0.2, -0.15) is 0 Å². The molecule has 1 atom stereocenters. The van der Waals surface area contributed by atoms with Crippen LogP contribution in [0.4, 0.5) is 8.78 Å². The number of halogens is 2. The monoisotopic (exact) mass is 453 g/mol. The third-order valence-electron chi connectivity index (χ3n) is 5.63. The maximum absolute atomic E-state index is 13.8. The zero-order valence-electron chi connectivity index (χ0n) is 16.7. The minimum absolute atomic E-state index is 0.157. The van der Waals surface area contributed by atoms with E-state index in [-0.39, 0.29) is 23.0 Å². The highest BCUT2D eigenvalue weighted by molar-refractivity contribution is 7.17. The number of nitrogens with one attached hydrogen (secondary N) is 1. The number of thiophene rings is 1. The molecular weight excluding hydrogens is 436 g/mol. The van der Waals surface area contributed by atoms with Crippen LogP contribution < -0.4 is 16.6 Å². The van der Waals surface area contributed by atoms with Crippen LogP contribution in [-0.4, -0.2) is 15.0 Å². The molecular formula is C23H17F2N3O3S. The zero-order chi connectivity index (χ0) is 22.4. The van der Waals surface area contributed by atoms with Crippen molar-refractivity contribution in [3.63, 3.8) is 0 Å². The Bertz CT molecular complexity index is 1470. The SMILES string of the molecule is O=C(Cn1c(=O)n(-c2cc(F)cc(F)c2)c(=O)c2sccc21)NC1CCc2ccccc21. The first-order valence-electron chi connectivity index (χ1n) is 9.99. The van der Waals surface area contributed by atoms with Crippen LogP contribution in [-0.2, 0) is 17.8 Å². The Hall–Kier alpha value is -3.59. The van der Waals surface area contributed by atoms with Gasteiger partial charge in [0.15, 0.2) is 0 Å². The Labute approximate surface area is 184 Å². The number of hydrogen-bond donors (Lipinski definition) is 1. The molecule has 4 aromatic rings. The van der Waals surface area contributed by atoms with Crippen molar-refractivity contribution in [3.8, 4) is 5.69 Å². The van der Waals surface area contributed by atoms with E-state index >= 15 is 0 Å². The first-order chi connectivity index (χ1) is 15.4. The van der Waals surface area contributed by atoms with Crippen molar-refractivity contribution in [2.45, 2.75) is 25.4 Å².